The Balaban J connectivity index is 2.16. The maximum atomic E-state index is 12.1. The van der Waals surface area contributed by atoms with Crippen molar-refractivity contribution in [3.63, 3.8) is 0 Å². The fourth-order valence-electron chi connectivity index (χ4n) is 2.34. The number of aryl methyl sites for hydroxylation is 1. The van der Waals surface area contributed by atoms with Crippen molar-refractivity contribution in [1.29, 1.82) is 0 Å². The zero-order valence-corrected chi connectivity index (χ0v) is 10.9. The summed E-state index contributed by atoms with van der Waals surface area (Å²) in [6.45, 7) is 4.07. The normalized spacial score (nSPS) is 12.7. The Kier molecular flexibility index (Phi) is 2.71. The van der Waals surface area contributed by atoms with Gasteiger partial charge in [-0.3, -0.25) is 9.55 Å². The van der Waals surface area contributed by atoms with Crippen LogP contribution in [0.3, 0.4) is 0 Å². The fraction of sp³-hybridized carbons (Fsp3) is 0.200. The summed E-state index contributed by atoms with van der Waals surface area (Å²) in [5, 5.41) is 0. The van der Waals surface area contributed by atoms with Crippen LogP contribution in [-0.4, -0.2) is 14.5 Å². The van der Waals surface area contributed by atoms with Crippen LogP contribution in [0.1, 0.15) is 24.1 Å². The first-order valence-electron chi connectivity index (χ1n) is 6.28. The molecule has 0 amide bonds. The number of nitrogens with one attached hydrogen (secondary N) is 1. The van der Waals surface area contributed by atoms with Crippen LogP contribution < -0.4 is 5.69 Å². The molecule has 1 atom stereocenters. The highest BCUT2D eigenvalue weighted by molar-refractivity contribution is 5.70. The fourth-order valence-corrected chi connectivity index (χ4v) is 2.34. The Hall–Kier alpha value is -2.36. The molecular weight excluding hydrogens is 238 g/mol. The molecule has 1 aromatic carbocycles. The van der Waals surface area contributed by atoms with Crippen LogP contribution in [0.2, 0.25) is 0 Å². The van der Waals surface area contributed by atoms with Gasteiger partial charge in [0.1, 0.15) is 0 Å². The number of benzene rings is 1. The van der Waals surface area contributed by atoms with Gasteiger partial charge in [-0.2, -0.15) is 0 Å². The molecular formula is C15H15N3O. The lowest BCUT2D eigenvalue weighted by molar-refractivity contribution is 0.635. The van der Waals surface area contributed by atoms with Crippen molar-refractivity contribution >= 4 is 11.2 Å². The van der Waals surface area contributed by atoms with Crippen LogP contribution in [0.5, 0.6) is 0 Å². The van der Waals surface area contributed by atoms with Crippen molar-refractivity contribution < 1.29 is 0 Å². The molecule has 0 bridgehead atoms. The Morgan fingerprint density at radius 3 is 2.68 bits per heavy atom. The second-order valence-electron chi connectivity index (χ2n) is 4.76. The van der Waals surface area contributed by atoms with Gasteiger partial charge in [0.2, 0.25) is 0 Å². The summed E-state index contributed by atoms with van der Waals surface area (Å²) in [7, 11) is 0. The molecule has 96 valence electrons. The van der Waals surface area contributed by atoms with Gasteiger partial charge in [-0.05, 0) is 31.5 Å². The van der Waals surface area contributed by atoms with Gasteiger partial charge in [-0.1, -0.05) is 29.8 Å². The van der Waals surface area contributed by atoms with Crippen molar-refractivity contribution in [2.24, 2.45) is 0 Å². The van der Waals surface area contributed by atoms with Crippen molar-refractivity contribution in [3.8, 4) is 0 Å². The lowest BCUT2D eigenvalue weighted by atomic mass is 10.1. The van der Waals surface area contributed by atoms with Gasteiger partial charge in [0, 0.05) is 6.20 Å². The molecule has 0 aliphatic rings. The molecule has 2 heterocycles. The third kappa shape index (κ3) is 1.95. The molecule has 4 heteroatoms. The summed E-state index contributed by atoms with van der Waals surface area (Å²) in [5.41, 5.74) is 3.66. The summed E-state index contributed by atoms with van der Waals surface area (Å²) in [4.78, 5) is 19.0. The molecule has 0 aliphatic heterocycles. The van der Waals surface area contributed by atoms with Crippen LogP contribution in [0.4, 0.5) is 0 Å². The van der Waals surface area contributed by atoms with Gasteiger partial charge in [0.05, 0.1) is 11.6 Å². The van der Waals surface area contributed by atoms with Crippen LogP contribution in [0.15, 0.2) is 47.4 Å². The van der Waals surface area contributed by atoms with E-state index in [1.54, 1.807) is 10.8 Å². The van der Waals surface area contributed by atoms with E-state index in [0.717, 1.165) is 11.1 Å². The third-order valence-corrected chi connectivity index (χ3v) is 3.44. The number of nitrogens with zero attached hydrogens (tertiary/aromatic N) is 2. The van der Waals surface area contributed by atoms with Crippen LogP contribution >= 0.6 is 0 Å². The molecule has 2 aromatic heterocycles. The summed E-state index contributed by atoms with van der Waals surface area (Å²) >= 11 is 0. The molecule has 1 N–H and O–H groups in total. The Morgan fingerprint density at radius 1 is 1.21 bits per heavy atom. The van der Waals surface area contributed by atoms with Crippen LogP contribution in [0, 0.1) is 6.92 Å². The summed E-state index contributed by atoms with van der Waals surface area (Å²) in [5.74, 6) is 0. The molecule has 0 saturated heterocycles. The molecule has 3 aromatic rings. The number of aromatic amines is 1. The van der Waals surface area contributed by atoms with E-state index in [0.29, 0.717) is 5.65 Å². The number of imidazole rings is 1. The minimum Gasteiger partial charge on any atom is -0.290 e. The van der Waals surface area contributed by atoms with E-state index < -0.39 is 0 Å². The van der Waals surface area contributed by atoms with E-state index in [-0.39, 0.29) is 11.7 Å². The summed E-state index contributed by atoms with van der Waals surface area (Å²) in [6, 6.07) is 12.0. The average molecular weight is 253 g/mol. The smallest absolute Gasteiger partial charge is 0.290 e. The molecule has 3 rings (SSSR count). The number of aromatic nitrogens is 3. The van der Waals surface area contributed by atoms with E-state index in [4.69, 9.17) is 0 Å². The average Bonchev–Trinajstić information content (AvgIpc) is 2.74. The van der Waals surface area contributed by atoms with Gasteiger partial charge >= 0.3 is 5.69 Å². The Labute approximate surface area is 110 Å². The Bertz CT molecular complexity index is 768. The number of fused-ring (bicyclic) bond motifs is 1. The maximum absolute atomic E-state index is 12.1. The molecule has 0 fully saturated rings. The lowest BCUT2D eigenvalue weighted by Gasteiger charge is -2.14. The van der Waals surface area contributed by atoms with Gasteiger partial charge in [0.15, 0.2) is 5.65 Å². The third-order valence-electron chi connectivity index (χ3n) is 3.44. The molecule has 0 aliphatic carbocycles. The maximum Gasteiger partial charge on any atom is 0.328 e. The van der Waals surface area contributed by atoms with Gasteiger partial charge in [0.25, 0.3) is 0 Å². The predicted molar refractivity (Wildman–Crippen MR) is 75.3 cm³/mol. The predicted octanol–water partition coefficient (Wildman–Crippen LogP) is 2.64. The highest BCUT2D eigenvalue weighted by atomic mass is 16.1. The van der Waals surface area contributed by atoms with E-state index in [9.17, 15) is 4.79 Å². The second kappa shape index (κ2) is 4.39. The van der Waals surface area contributed by atoms with Gasteiger partial charge in [-0.25, -0.2) is 9.78 Å². The van der Waals surface area contributed by atoms with E-state index in [2.05, 4.69) is 41.2 Å². The number of pyridine rings is 1. The lowest BCUT2D eigenvalue weighted by Crippen LogP contribution is -2.21. The highest BCUT2D eigenvalue weighted by Gasteiger charge is 2.14. The van der Waals surface area contributed by atoms with Crippen LogP contribution in [-0.2, 0) is 0 Å². The number of rotatable bonds is 2. The van der Waals surface area contributed by atoms with Crippen LogP contribution in [0.25, 0.3) is 11.2 Å². The van der Waals surface area contributed by atoms with Crippen molar-refractivity contribution in [2.45, 2.75) is 19.9 Å². The molecule has 0 spiro atoms. The van der Waals surface area contributed by atoms with Crippen molar-refractivity contribution in [1.82, 2.24) is 14.5 Å². The zero-order valence-electron chi connectivity index (χ0n) is 10.9. The topological polar surface area (TPSA) is 50.7 Å². The Morgan fingerprint density at radius 2 is 1.95 bits per heavy atom. The monoisotopic (exact) mass is 253 g/mol. The minimum atomic E-state index is -0.123. The SMILES string of the molecule is Cc1ccc(C(C)n2c(=O)[nH]c3ncccc32)cc1. The summed E-state index contributed by atoms with van der Waals surface area (Å²) in [6.07, 6.45) is 1.68. The first kappa shape index (κ1) is 11.7. The van der Waals surface area contributed by atoms with Crippen molar-refractivity contribution in [3.05, 3.63) is 64.2 Å². The number of hydrogen-bond donors (Lipinski definition) is 1. The number of H-pyrrole nitrogens is 1. The van der Waals surface area contributed by atoms with Gasteiger partial charge in [-0.15, -0.1) is 0 Å². The van der Waals surface area contributed by atoms with Crippen molar-refractivity contribution in [2.75, 3.05) is 0 Å². The quantitative estimate of drug-likeness (QED) is 0.763. The molecule has 19 heavy (non-hydrogen) atoms. The first-order chi connectivity index (χ1) is 9.16. The van der Waals surface area contributed by atoms with E-state index >= 15 is 0 Å². The summed E-state index contributed by atoms with van der Waals surface area (Å²) < 4.78 is 1.74. The zero-order chi connectivity index (χ0) is 13.4. The largest absolute Gasteiger partial charge is 0.328 e. The van der Waals surface area contributed by atoms with E-state index in [1.165, 1.54) is 5.56 Å². The first-order valence-corrected chi connectivity index (χ1v) is 6.28. The molecule has 0 radical (unpaired) electrons. The van der Waals surface area contributed by atoms with E-state index in [1.807, 2.05) is 19.1 Å². The second-order valence-corrected chi connectivity index (χ2v) is 4.76. The standard InChI is InChI=1S/C15H15N3O/c1-10-5-7-12(8-6-10)11(2)18-13-4-3-9-16-14(13)17-15(18)19/h3-9,11H,1-2H3,(H,16,17,19). The molecule has 4 nitrogen and oxygen atoms in total. The molecule has 1 unspecified atom stereocenters. The highest BCUT2D eigenvalue weighted by Crippen LogP contribution is 2.20. The minimum absolute atomic E-state index is 0.0222. The van der Waals surface area contributed by atoms with Gasteiger partial charge < -0.3 is 0 Å². The molecule has 0 saturated carbocycles. The number of hydrogen-bond acceptors (Lipinski definition) is 2.